The molecule has 2 N–H and O–H groups in total. The van der Waals surface area contributed by atoms with Crippen molar-refractivity contribution in [2.45, 2.75) is 6.42 Å². The van der Waals surface area contributed by atoms with Crippen molar-refractivity contribution in [1.29, 1.82) is 5.26 Å². The quantitative estimate of drug-likeness (QED) is 0.397. The van der Waals surface area contributed by atoms with Gasteiger partial charge in [0, 0.05) is 17.0 Å². The van der Waals surface area contributed by atoms with Crippen LogP contribution >= 0.6 is 11.6 Å². The molecule has 2 aromatic carbocycles. The zero-order valence-electron chi connectivity index (χ0n) is 13.8. The first-order chi connectivity index (χ1) is 13.1. The molecule has 9 heteroatoms. The molecule has 3 aromatic rings. The van der Waals surface area contributed by atoms with E-state index in [2.05, 4.69) is 25.4 Å². The normalized spacial score (nSPS) is 11.0. The molecule has 27 heavy (non-hydrogen) atoms. The number of nitriles is 1. The summed E-state index contributed by atoms with van der Waals surface area (Å²) in [5.74, 6) is -0.462. The summed E-state index contributed by atoms with van der Waals surface area (Å²) in [6.45, 7) is 0. The number of hydrogen-bond acceptors (Lipinski definition) is 7. The van der Waals surface area contributed by atoms with E-state index < -0.39 is 5.91 Å². The maximum atomic E-state index is 12.4. The third-order valence-electron chi connectivity index (χ3n) is 3.65. The van der Waals surface area contributed by atoms with Crippen LogP contribution in [0.15, 0.2) is 58.3 Å². The van der Waals surface area contributed by atoms with Gasteiger partial charge in [0.1, 0.15) is 5.71 Å². The van der Waals surface area contributed by atoms with Crippen molar-refractivity contribution in [3.05, 3.63) is 75.9 Å². The summed E-state index contributed by atoms with van der Waals surface area (Å²) in [5, 5.41) is 31.9. The SMILES string of the molecule is N#Cc1ccc(C(=O)Nc2nonc2C(Cc2cccc(Cl)c2)=NO)cc1. The number of nitrogens with zero attached hydrogens (tertiary/aromatic N) is 4. The predicted octanol–water partition coefficient (Wildman–Crippen LogP) is 3.27. The first-order valence-corrected chi connectivity index (χ1v) is 8.08. The van der Waals surface area contributed by atoms with Crippen molar-refractivity contribution in [3.8, 4) is 6.07 Å². The molecule has 0 spiro atoms. The Morgan fingerprint density at radius 1 is 1.26 bits per heavy atom. The molecule has 134 valence electrons. The van der Waals surface area contributed by atoms with Crippen LogP contribution in [0, 0.1) is 11.3 Å². The van der Waals surface area contributed by atoms with Crippen LogP contribution in [-0.4, -0.2) is 27.1 Å². The second kappa shape index (κ2) is 8.12. The maximum Gasteiger partial charge on any atom is 0.256 e. The molecule has 0 bridgehead atoms. The van der Waals surface area contributed by atoms with Crippen LogP contribution in [0.3, 0.4) is 0 Å². The summed E-state index contributed by atoms with van der Waals surface area (Å²) >= 11 is 5.96. The molecule has 1 amide bonds. The molecule has 1 aromatic heterocycles. The van der Waals surface area contributed by atoms with Crippen LogP contribution in [0.1, 0.15) is 27.2 Å². The van der Waals surface area contributed by atoms with Crippen molar-refractivity contribution < 1.29 is 14.6 Å². The zero-order chi connectivity index (χ0) is 19.2. The number of carbonyl (C=O) groups excluding carboxylic acids is 1. The summed E-state index contributed by atoms with van der Waals surface area (Å²) in [6.07, 6.45) is 0.199. The van der Waals surface area contributed by atoms with Crippen LogP contribution in [0.5, 0.6) is 0 Å². The van der Waals surface area contributed by atoms with E-state index in [1.165, 1.54) is 24.3 Å². The van der Waals surface area contributed by atoms with Crippen molar-refractivity contribution in [2.75, 3.05) is 5.32 Å². The van der Waals surface area contributed by atoms with Gasteiger partial charge >= 0.3 is 0 Å². The Balaban J connectivity index is 1.79. The molecule has 0 aliphatic carbocycles. The number of nitrogens with one attached hydrogen (secondary N) is 1. The molecule has 0 atom stereocenters. The second-order valence-electron chi connectivity index (χ2n) is 5.46. The maximum absolute atomic E-state index is 12.4. The Kier molecular flexibility index (Phi) is 5.44. The first-order valence-electron chi connectivity index (χ1n) is 7.70. The van der Waals surface area contributed by atoms with E-state index in [4.69, 9.17) is 16.9 Å². The Morgan fingerprint density at radius 3 is 2.70 bits per heavy atom. The Hall–Kier alpha value is -3.70. The van der Waals surface area contributed by atoms with E-state index >= 15 is 0 Å². The number of benzene rings is 2. The van der Waals surface area contributed by atoms with Gasteiger partial charge in [-0.15, -0.1) is 0 Å². The molecule has 8 nitrogen and oxygen atoms in total. The fourth-order valence-electron chi connectivity index (χ4n) is 2.34. The number of amides is 1. The van der Waals surface area contributed by atoms with Crippen LogP contribution in [0.25, 0.3) is 0 Å². The van der Waals surface area contributed by atoms with Gasteiger partial charge in [-0.1, -0.05) is 28.9 Å². The highest BCUT2D eigenvalue weighted by molar-refractivity contribution is 6.30. The smallest absolute Gasteiger partial charge is 0.256 e. The van der Waals surface area contributed by atoms with Gasteiger partial charge < -0.3 is 10.5 Å². The van der Waals surface area contributed by atoms with Gasteiger partial charge in [-0.05, 0) is 52.3 Å². The van der Waals surface area contributed by atoms with E-state index in [-0.39, 0.29) is 23.6 Å². The number of oxime groups is 1. The van der Waals surface area contributed by atoms with Crippen LogP contribution in [0.4, 0.5) is 5.82 Å². The highest BCUT2D eigenvalue weighted by Crippen LogP contribution is 2.18. The predicted molar refractivity (Wildman–Crippen MR) is 96.9 cm³/mol. The molecule has 0 fully saturated rings. The molecular formula is C18H12ClN5O3. The number of carbonyl (C=O) groups is 1. The van der Waals surface area contributed by atoms with E-state index in [1.807, 2.05) is 6.07 Å². The van der Waals surface area contributed by atoms with Crippen molar-refractivity contribution in [2.24, 2.45) is 5.16 Å². The van der Waals surface area contributed by atoms with E-state index in [0.717, 1.165) is 5.56 Å². The summed E-state index contributed by atoms with van der Waals surface area (Å²) in [4.78, 5) is 12.4. The fraction of sp³-hybridized carbons (Fsp3) is 0.0556. The monoisotopic (exact) mass is 381 g/mol. The molecule has 3 rings (SSSR count). The van der Waals surface area contributed by atoms with Crippen LogP contribution in [0.2, 0.25) is 5.02 Å². The standard InChI is InChI=1S/C18H12ClN5O3/c19-14-3-1-2-12(8-14)9-15(22-26)16-17(24-27-23-16)21-18(25)13-6-4-11(10-20)5-7-13/h1-8,26H,9H2,(H,21,24,25). The van der Waals surface area contributed by atoms with Gasteiger partial charge in [-0.3, -0.25) is 4.79 Å². The zero-order valence-corrected chi connectivity index (χ0v) is 14.5. The highest BCUT2D eigenvalue weighted by atomic mass is 35.5. The lowest BCUT2D eigenvalue weighted by Crippen LogP contribution is -2.16. The van der Waals surface area contributed by atoms with Gasteiger partial charge in [0.25, 0.3) is 5.91 Å². The van der Waals surface area contributed by atoms with Crippen molar-refractivity contribution in [1.82, 2.24) is 10.3 Å². The molecule has 0 aliphatic rings. The highest BCUT2D eigenvalue weighted by Gasteiger charge is 2.20. The minimum atomic E-state index is -0.475. The fourth-order valence-corrected chi connectivity index (χ4v) is 2.56. The minimum absolute atomic E-state index is 0.0131. The summed E-state index contributed by atoms with van der Waals surface area (Å²) in [6, 6.07) is 15.1. The molecule has 1 heterocycles. The third kappa shape index (κ3) is 4.29. The van der Waals surface area contributed by atoms with E-state index in [9.17, 15) is 10.0 Å². The summed E-state index contributed by atoms with van der Waals surface area (Å²) in [7, 11) is 0. The van der Waals surface area contributed by atoms with Crippen LogP contribution < -0.4 is 5.32 Å². The number of halogens is 1. The average molecular weight is 382 g/mol. The van der Waals surface area contributed by atoms with Gasteiger partial charge in [0.05, 0.1) is 11.6 Å². The number of anilines is 1. The average Bonchev–Trinajstić information content (AvgIpc) is 3.14. The first kappa shape index (κ1) is 18.1. The van der Waals surface area contributed by atoms with Gasteiger partial charge in [-0.25, -0.2) is 4.63 Å². The second-order valence-corrected chi connectivity index (χ2v) is 5.89. The topological polar surface area (TPSA) is 124 Å². The Bertz CT molecular complexity index is 1040. The lowest BCUT2D eigenvalue weighted by atomic mass is 10.1. The van der Waals surface area contributed by atoms with Crippen LogP contribution in [-0.2, 0) is 6.42 Å². The molecule has 0 unspecified atom stereocenters. The van der Waals surface area contributed by atoms with Gasteiger partial charge in [0.15, 0.2) is 5.69 Å². The molecule has 0 aliphatic heterocycles. The lowest BCUT2D eigenvalue weighted by molar-refractivity contribution is 0.102. The van der Waals surface area contributed by atoms with Gasteiger partial charge in [0.2, 0.25) is 5.82 Å². The molecule has 0 saturated heterocycles. The molecule has 0 saturated carbocycles. The van der Waals surface area contributed by atoms with E-state index in [0.29, 0.717) is 16.1 Å². The molecular weight excluding hydrogens is 370 g/mol. The Morgan fingerprint density at radius 2 is 2.04 bits per heavy atom. The Labute approximate surface area is 158 Å². The lowest BCUT2D eigenvalue weighted by Gasteiger charge is -2.05. The number of aromatic nitrogens is 2. The van der Waals surface area contributed by atoms with Gasteiger partial charge in [-0.2, -0.15) is 5.26 Å². The van der Waals surface area contributed by atoms with Crippen molar-refractivity contribution in [3.63, 3.8) is 0 Å². The number of hydrogen-bond donors (Lipinski definition) is 2. The van der Waals surface area contributed by atoms with Crippen molar-refractivity contribution >= 4 is 29.0 Å². The third-order valence-corrected chi connectivity index (χ3v) is 3.89. The van der Waals surface area contributed by atoms with E-state index in [1.54, 1.807) is 24.3 Å². The summed E-state index contributed by atoms with van der Waals surface area (Å²) < 4.78 is 4.69. The minimum Gasteiger partial charge on any atom is -0.411 e. The largest absolute Gasteiger partial charge is 0.411 e. The molecule has 0 radical (unpaired) electrons. The summed E-state index contributed by atoms with van der Waals surface area (Å²) in [5.41, 5.74) is 1.78. The number of rotatable bonds is 5.